The number of nitrogens with zero attached hydrogens (tertiary/aromatic N) is 4. The highest BCUT2D eigenvalue weighted by atomic mass is 32.1. The number of thiophene rings is 1. The Morgan fingerprint density at radius 2 is 2.32 bits per heavy atom. The number of hydrogen-bond acceptors (Lipinski definition) is 6. The second-order valence-corrected chi connectivity index (χ2v) is 6.77. The van der Waals surface area contributed by atoms with E-state index in [1.54, 1.807) is 11.3 Å². The molecule has 132 valence electrons. The van der Waals surface area contributed by atoms with E-state index in [2.05, 4.69) is 20.6 Å². The van der Waals surface area contributed by atoms with E-state index in [1.165, 1.54) is 0 Å². The second-order valence-electron chi connectivity index (χ2n) is 5.83. The summed E-state index contributed by atoms with van der Waals surface area (Å²) in [6.45, 7) is 3.47. The van der Waals surface area contributed by atoms with Crippen LogP contribution in [-0.2, 0) is 17.8 Å². The van der Waals surface area contributed by atoms with Gasteiger partial charge >= 0.3 is 0 Å². The van der Waals surface area contributed by atoms with Gasteiger partial charge in [0.15, 0.2) is 0 Å². The molecule has 8 heteroatoms. The van der Waals surface area contributed by atoms with Gasteiger partial charge in [-0.1, -0.05) is 11.2 Å². The van der Waals surface area contributed by atoms with Crippen molar-refractivity contribution in [3.63, 3.8) is 0 Å². The van der Waals surface area contributed by atoms with Crippen LogP contribution in [0, 0.1) is 6.92 Å². The van der Waals surface area contributed by atoms with Gasteiger partial charge in [-0.2, -0.15) is 10.1 Å². The van der Waals surface area contributed by atoms with E-state index in [9.17, 15) is 4.79 Å². The number of hydrogen-bond donors (Lipinski definition) is 1. The van der Waals surface area contributed by atoms with E-state index < -0.39 is 0 Å². The SMILES string of the molecule is Cc1cnn(CCCNC(=O)CCCc2nc(-c3cccs3)no2)c1. The lowest BCUT2D eigenvalue weighted by Crippen LogP contribution is -2.25. The summed E-state index contributed by atoms with van der Waals surface area (Å²) in [5.74, 6) is 1.24. The lowest BCUT2D eigenvalue weighted by Gasteiger charge is -2.05. The summed E-state index contributed by atoms with van der Waals surface area (Å²) in [6, 6.07) is 3.91. The summed E-state index contributed by atoms with van der Waals surface area (Å²) in [5, 5.41) is 13.1. The van der Waals surface area contributed by atoms with E-state index in [1.807, 2.05) is 41.5 Å². The number of aryl methyl sites for hydroxylation is 3. The Hall–Kier alpha value is -2.48. The van der Waals surface area contributed by atoms with Gasteiger partial charge in [-0.25, -0.2) is 0 Å². The molecule has 3 aromatic rings. The van der Waals surface area contributed by atoms with Crippen molar-refractivity contribution in [3.05, 3.63) is 41.4 Å². The highest BCUT2D eigenvalue weighted by Gasteiger charge is 2.10. The predicted molar refractivity (Wildman–Crippen MR) is 95.1 cm³/mol. The molecule has 3 rings (SSSR count). The summed E-state index contributed by atoms with van der Waals surface area (Å²) in [7, 11) is 0. The molecule has 0 aromatic carbocycles. The fourth-order valence-electron chi connectivity index (χ4n) is 2.41. The van der Waals surface area contributed by atoms with E-state index >= 15 is 0 Å². The van der Waals surface area contributed by atoms with Crippen LogP contribution in [0.1, 0.15) is 30.7 Å². The highest BCUT2D eigenvalue weighted by Crippen LogP contribution is 2.21. The number of aromatic nitrogens is 4. The molecule has 3 heterocycles. The average Bonchev–Trinajstić information content (AvgIpc) is 3.33. The zero-order valence-corrected chi connectivity index (χ0v) is 15.0. The highest BCUT2D eigenvalue weighted by molar-refractivity contribution is 7.13. The van der Waals surface area contributed by atoms with Crippen molar-refractivity contribution in [2.75, 3.05) is 6.54 Å². The van der Waals surface area contributed by atoms with Crippen molar-refractivity contribution in [3.8, 4) is 10.7 Å². The first-order chi connectivity index (χ1) is 12.2. The molecule has 0 spiro atoms. The molecule has 0 bridgehead atoms. The van der Waals surface area contributed by atoms with E-state index in [-0.39, 0.29) is 5.91 Å². The van der Waals surface area contributed by atoms with Crippen LogP contribution in [0.4, 0.5) is 0 Å². The van der Waals surface area contributed by atoms with Crippen LogP contribution in [0.3, 0.4) is 0 Å². The molecule has 0 radical (unpaired) electrons. The van der Waals surface area contributed by atoms with Gasteiger partial charge in [-0.05, 0) is 36.8 Å². The predicted octanol–water partition coefficient (Wildman–Crippen LogP) is 2.83. The van der Waals surface area contributed by atoms with Crippen molar-refractivity contribution < 1.29 is 9.32 Å². The Balaban J connectivity index is 1.30. The van der Waals surface area contributed by atoms with Crippen LogP contribution in [0.15, 0.2) is 34.4 Å². The molecular weight excluding hydrogens is 338 g/mol. The third-order valence-corrected chi connectivity index (χ3v) is 4.52. The lowest BCUT2D eigenvalue weighted by molar-refractivity contribution is -0.121. The second kappa shape index (κ2) is 8.57. The van der Waals surface area contributed by atoms with Crippen LogP contribution < -0.4 is 5.32 Å². The van der Waals surface area contributed by atoms with E-state index in [0.29, 0.717) is 37.5 Å². The molecule has 0 aliphatic rings. The molecule has 1 N–H and O–H groups in total. The maximum absolute atomic E-state index is 11.8. The minimum atomic E-state index is 0.0506. The molecule has 1 amide bonds. The van der Waals surface area contributed by atoms with Crippen molar-refractivity contribution >= 4 is 17.2 Å². The summed E-state index contributed by atoms with van der Waals surface area (Å²) in [4.78, 5) is 17.2. The van der Waals surface area contributed by atoms with Crippen molar-refractivity contribution in [1.29, 1.82) is 0 Å². The Kier molecular flexibility index (Phi) is 5.95. The van der Waals surface area contributed by atoms with Crippen LogP contribution in [-0.4, -0.2) is 32.4 Å². The standard InChI is InChI=1S/C17H21N5O2S/c1-13-11-19-22(12-13)9-4-8-18-15(23)6-2-7-16-20-17(21-24-16)14-5-3-10-25-14/h3,5,10-12H,2,4,6-9H2,1H3,(H,18,23). The van der Waals surface area contributed by atoms with Gasteiger partial charge < -0.3 is 9.84 Å². The quantitative estimate of drug-likeness (QED) is 0.594. The molecule has 0 fully saturated rings. The summed E-state index contributed by atoms with van der Waals surface area (Å²) >= 11 is 1.57. The summed E-state index contributed by atoms with van der Waals surface area (Å²) in [6.07, 6.45) is 6.45. The molecule has 0 saturated heterocycles. The first kappa shape index (κ1) is 17.3. The monoisotopic (exact) mass is 359 g/mol. The van der Waals surface area contributed by atoms with Gasteiger partial charge in [0, 0.05) is 32.1 Å². The zero-order valence-electron chi connectivity index (χ0n) is 14.1. The average molecular weight is 359 g/mol. The Labute approximate surface area is 150 Å². The van der Waals surface area contributed by atoms with Gasteiger partial charge in [0.2, 0.25) is 17.6 Å². The fourth-order valence-corrected chi connectivity index (χ4v) is 3.06. The lowest BCUT2D eigenvalue weighted by atomic mass is 10.2. The number of amides is 1. The minimum Gasteiger partial charge on any atom is -0.356 e. The zero-order chi connectivity index (χ0) is 17.5. The first-order valence-corrected chi connectivity index (χ1v) is 9.21. The van der Waals surface area contributed by atoms with Crippen LogP contribution in [0.25, 0.3) is 10.7 Å². The molecule has 7 nitrogen and oxygen atoms in total. The number of rotatable bonds is 9. The summed E-state index contributed by atoms with van der Waals surface area (Å²) in [5.41, 5.74) is 1.15. The van der Waals surface area contributed by atoms with Crippen LogP contribution in [0.2, 0.25) is 0 Å². The topological polar surface area (TPSA) is 85.8 Å². The molecule has 0 unspecified atom stereocenters. The van der Waals surface area contributed by atoms with E-state index in [0.717, 1.165) is 23.4 Å². The maximum Gasteiger partial charge on any atom is 0.226 e. The van der Waals surface area contributed by atoms with Gasteiger partial charge in [0.05, 0.1) is 11.1 Å². The molecule has 0 aliphatic heterocycles. The fraction of sp³-hybridized carbons (Fsp3) is 0.412. The third kappa shape index (κ3) is 5.25. The molecule has 25 heavy (non-hydrogen) atoms. The Morgan fingerprint density at radius 1 is 1.40 bits per heavy atom. The van der Waals surface area contributed by atoms with Gasteiger partial charge in [-0.3, -0.25) is 9.48 Å². The van der Waals surface area contributed by atoms with Crippen LogP contribution >= 0.6 is 11.3 Å². The number of carbonyl (C=O) groups excluding carboxylic acids is 1. The number of carbonyl (C=O) groups is 1. The number of nitrogens with one attached hydrogen (secondary N) is 1. The molecular formula is C17H21N5O2S. The first-order valence-electron chi connectivity index (χ1n) is 8.33. The Morgan fingerprint density at radius 3 is 3.08 bits per heavy atom. The van der Waals surface area contributed by atoms with Crippen molar-refractivity contribution in [2.24, 2.45) is 0 Å². The largest absolute Gasteiger partial charge is 0.356 e. The summed E-state index contributed by atoms with van der Waals surface area (Å²) < 4.78 is 7.12. The smallest absolute Gasteiger partial charge is 0.226 e. The Bertz CT molecular complexity index is 794. The molecule has 0 saturated carbocycles. The van der Waals surface area contributed by atoms with Gasteiger partial charge in [0.25, 0.3) is 0 Å². The molecule has 0 aliphatic carbocycles. The van der Waals surface area contributed by atoms with Crippen molar-refractivity contribution in [2.45, 2.75) is 39.2 Å². The van der Waals surface area contributed by atoms with E-state index in [4.69, 9.17) is 4.52 Å². The van der Waals surface area contributed by atoms with Gasteiger partial charge in [0.1, 0.15) is 0 Å². The minimum absolute atomic E-state index is 0.0506. The van der Waals surface area contributed by atoms with Crippen molar-refractivity contribution in [1.82, 2.24) is 25.2 Å². The maximum atomic E-state index is 11.8. The molecule has 0 atom stereocenters. The normalized spacial score (nSPS) is 10.9. The third-order valence-electron chi connectivity index (χ3n) is 3.65. The molecule has 3 aromatic heterocycles. The van der Waals surface area contributed by atoms with Gasteiger partial charge in [-0.15, -0.1) is 11.3 Å². The van der Waals surface area contributed by atoms with Crippen LogP contribution in [0.5, 0.6) is 0 Å².